The molecular weight excluding hydrogens is 394 g/mol. The molecule has 0 radical (unpaired) electrons. The standard InChI is InChI=1S/C25H18ClN3O/c1-16-24(25(30)20-10-4-5-12-22(20)26)21(14-29(16)23-13-27-15-28-23)19-11-6-8-17-7-2-3-9-18(17)19/h2-15H,1H3,(H,27,28). The van der Waals surface area contributed by atoms with E-state index in [1.165, 1.54) is 0 Å². The zero-order chi connectivity index (χ0) is 20.7. The van der Waals surface area contributed by atoms with Crippen molar-refractivity contribution < 1.29 is 4.79 Å². The van der Waals surface area contributed by atoms with Gasteiger partial charge in [0.2, 0.25) is 0 Å². The lowest BCUT2D eigenvalue weighted by atomic mass is 9.93. The van der Waals surface area contributed by atoms with Crippen LogP contribution in [-0.4, -0.2) is 20.3 Å². The minimum atomic E-state index is -0.0979. The van der Waals surface area contributed by atoms with Gasteiger partial charge >= 0.3 is 0 Å². The number of halogens is 1. The maximum atomic E-state index is 13.7. The lowest BCUT2D eigenvalue weighted by Crippen LogP contribution is -2.06. The Balaban J connectivity index is 1.81. The number of aromatic nitrogens is 3. The number of ketones is 1. The average Bonchev–Trinajstić information content (AvgIpc) is 3.41. The number of hydrogen-bond acceptors (Lipinski definition) is 2. The lowest BCUT2D eigenvalue weighted by Gasteiger charge is -2.10. The fourth-order valence-electron chi connectivity index (χ4n) is 3.97. The summed E-state index contributed by atoms with van der Waals surface area (Å²) in [4.78, 5) is 20.9. The van der Waals surface area contributed by atoms with Crippen molar-refractivity contribution in [1.82, 2.24) is 14.5 Å². The number of imidazole rings is 1. The largest absolute Gasteiger partial charge is 0.331 e. The van der Waals surface area contributed by atoms with E-state index in [0.717, 1.165) is 33.4 Å². The highest BCUT2D eigenvalue weighted by Crippen LogP contribution is 2.36. The van der Waals surface area contributed by atoms with Crippen LogP contribution in [0.15, 0.2) is 85.5 Å². The Hall–Kier alpha value is -3.63. The molecule has 0 saturated carbocycles. The van der Waals surface area contributed by atoms with E-state index in [-0.39, 0.29) is 5.78 Å². The van der Waals surface area contributed by atoms with E-state index in [9.17, 15) is 4.79 Å². The molecular formula is C25H18ClN3O. The van der Waals surface area contributed by atoms with Crippen LogP contribution in [0.5, 0.6) is 0 Å². The molecule has 0 amide bonds. The molecule has 0 aliphatic heterocycles. The summed E-state index contributed by atoms with van der Waals surface area (Å²) in [5, 5.41) is 2.66. The monoisotopic (exact) mass is 411 g/mol. The van der Waals surface area contributed by atoms with Gasteiger partial charge in [-0.15, -0.1) is 0 Å². The van der Waals surface area contributed by atoms with E-state index >= 15 is 0 Å². The predicted octanol–water partition coefficient (Wildman–Crippen LogP) is 6.21. The molecule has 0 aliphatic rings. The van der Waals surface area contributed by atoms with E-state index in [1.54, 1.807) is 24.7 Å². The van der Waals surface area contributed by atoms with Gasteiger partial charge in [-0.05, 0) is 35.4 Å². The van der Waals surface area contributed by atoms with Crippen LogP contribution in [0, 0.1) is 6.92 Å². The third-order valence-electron chi connectivity index (χ3n) is 5.42. The van der Waals surface area contributed by atoms with Gasteiger partial charge < -0.3 is 9.55 Å². The van der Waals surface area contributed by atoms with Gasteiger partial charge in [0.1, 0.15) is 5.82 Å². The van der Waals surface area contributed by atoms with Crippen molar-refractivity contribution in [3.8, 4) is 16.9 Å². The molecule has 4 nitrogen and oxygen atoms in total. The second-order valence-corrected chi connectivity index (χ2v) is 7.55. The number of fused-ring (bicyclic) bond motifs is 1. The molecule has 1 N–H and O–H groups in total. The van der Waals surface area contributed by atoms with Gasteiger partial charge in [0.15, 0.2) is 5.78 Å². The van der Waals surface area contributed by atoms with Crippen molar-refractivity contribution in [2.24, 2.45) is 0 Å². The number of hydrogen-bond donors (Lipinski definition) is 1. The highest BCUT2D eigenvalue weighted by molar-refractivity contribution is 6.35. The second-order valence-electron chi connectivity index (χ2n) is 7.15. The normalized spacial score (nSPS) is 11.1. The molecule has 0 spiro atoms. The van der Waals surface area contributed by atoms with Crippen LogP contribution in [0.1, 0.15) is 21.6 Å². The summed E-state index contributed by atoms with van der Waals surface area (Å²) in [5.41, 5.74) is 3.82. The molecule has 0 saturated heterocycles. The Labute approximate surface area is 178 Å². The molecule has 2 heterocycles. The van der Waals surface area contributed by atoms with E-state index in [2.05, 4.69) is 34.2 Å². The van der Waals surface area contributed by atoms with Crippen LogP contribution in [0.2, 0.25) is 5.02 Å². The lowest BCUT2D eigenvalue weighted by molar-refractivity contribution is 0.103. The zero-order valence-corrected chi connectivity index (χ0v) is 17.0. The number of rotatable bonds is 4. The minimum Gasteiger partial charge on any atom is -0.331 e. The van der Waals surface area contributed by atoms with Crippen molar-refractivity contribution in [2.75, 3.05) is 0 Å². The van der Waals surface area contributed by atoms with Crippen LogP contribution < -0.4 is 0 Å². The van der Waals surface area contributed by atoms with Crippen molar-refractivity contribution in [2.45, 2.75) is 6.92 Å². The molecule has 2 aromatic heterocycles. The maximum Gasteiger partial charge on any atom is 0.196 e. The molecule has 0 atom stereocenters. The Morgan fingerprint density at radius 3 is 2.53 bits per heavy atom. The number of carbonyl (C=O) groups excluding carboxylic acids is 1. The smallest absolute Gasteiger partial charge is 0.196 e. The number of aromatic amines is 1. The van der Waals surface area contributed by atoms with E-state index in [0.29, 0.717) is 16.1 Å². The predicted molar refractivity (Wildman–Crippen MR) is 120 cm³/mol. The molecule has 5 aromatic rings. The Kier molecular flexibility index (Phi) is 4.49. The summed E-state index contributed by atoms with van der Waals surface area (Å²) in [6.45, 7) is 1.94. The molecule has 0 unspecified atom stereocenters. The quantitative estimate of drug-likeness (QED) is 0.357. The Morgan fingerprint density at radius 2 is 1.73 bits per heavy atom. The van der Waals surface area contributed by atoms with Crippen molar-refractivity contribution >= 4 is 28.2 Å². The van der Waals surface area contributed by atoms with Gasteiger partial charge in [0, 0.05) is 23.0 Å². The van der Waals surface area contributed by atoms with Crippen LogP contribution in [0.3, 0.4) is 0 Å². The fourth-order valence-corrected chi connectivity index (χ4v) is 4.19. The fraction of sp³-hybridized carbons (Fsp3) is 0.0400. The van der Waals surface area contributed by atoms with Crippen molar-refractivity contribution in [1.29, 1.82) is 0 Å². The SMILES string of the molecule is Cc1c(C(=O)c2ccccc2Cl)c(-c2cccc3ccccc23)cn1-c1cnc[nH]1. The summed E-state index contributed by atoms with van der Waals surface area (Å²) >= 11 is 6.38. The van der Waals surface area contributed by atoms with Crippen LogP contribution in [-0.2, 0) is 0 Å². The van der Waals surface area contributed by atoms with Gasteiger partial charge in [-0.2, -0.15) is 0 Å². The first-order chi connectivity index (χ1) is 14.6. The number of H-pyrrole nitrogens is 1. The molecule has 0 aliphatic carbocycles. The highest BCUT2D eigenvalue weighted by Gasteiger charge is 2.24. The van der Waals surface area contributed by atoms with Gasteiger partial charge in [0.05, 0.1) is 23.1 Å². The van der Waals surface area contributed by atoms with Gasteiger partial charge in [-0.1, -0.05) is 66.2 Å². The van der Waals surface area contributed by atoms with Gasteiger partial charge in [-0.25, -0.2) is 4.98 Å². The van der Waals surface area contributed by atoms with E-state index in [1.807, 2.05) is 48.0 Å². The first-order valence-electron chi connectivity index (χ1n) is 9.63. The summed E-state index contributed by atoms with van der Waals surface area (Å²) in [7, 11) is 0. The molecule has 146 valence electrons. The Morgan fingerprint density at radius 1 is 0.967 bits per heavy atom. The molecule has 5 rings (SSSR count). The molecule has 30 heavy (non-hydrogen) atoms. The molecule has 5 heteroatoms. The molecule has 3 aromatic carbocycles. The molecule has 0 bridgehead atoms. The maximum absolute atomic E-state index is 13.7. The third kappa shape index (κ3) is 2.93. The average molecular weight is 412 g/mol. The number of nitrogens with one attached hydrogen (secondary N) is 1. The molecule has 0 fully saturated rings. The van der Waals surface area contributed by atoms with Crippen molar-refractivity contribution in [3.63, 3.8) is 0 Å². The van der Waals surface area contributed by atoms with E-state index < -0.39 is 0 Å². The topological polar surface area (TPSA) is 50.7 Å². The van der Waals surface area contributed by atoms with Crippen LogP contribution >= 0.6 is 11.6 Å². The first kappa shape index (κ1) is 18.4. The summed E-state index contributed by atoms with van der Waals surface area (Å²) in [6, 6.07) is 21.5. The summed E-state index contributed by atoms with van der Waals surface area (Å²) < 4.78 is 1.97. The zero-order valence-electron chi connectivity index (χ0n) is 16.3. The number of nitrogens with zero attached hydrogens (tertiary/aromatic N) is 2. The minimum absolute atomic E-state index is 0.0979. The number of carbonyl (C=O) groups is 1. The summed E-state index contributed by atoms with van der Waals surface area (Å²) in [6.07, 6.45) is 5.36. The second kappa shape index (κ2) is 7.32. The van der Waals surface area contributed by atoms with Crippen molar-refractivity contribution in [3.05, 3.63) is 107 Å². The third-order valence-corrected chi connectivity index (χ3v) is 5.75. The summed E-state index contributed by atoms with van der Waals surface area (Å²) in [5.74, 6) is 0.700. The van der Waals surface area contributed by atoms with E-state index in [4.69, 9.17) is 11.6 Å². The first-order valence-corrected chi connectivity index (χ1v) is 10.0. The highest BCUT2D eigenvalue weighted by atomic mass is 35.5. The number of benzene rings is 3. The van der Waals surface area contributed by atoms with Gasteiger partial charge in [-0.3, -0.25) is 4.79 Å². The van der Waals surface area contributed by atoms with Gasteiger partial charge in [0.25, 0.3) is 0 Å². The van der Waals surface area contributed by atoms with Crippen LogP contribution in [0.25, 0.3) is 27.7 Å². The Bertz CT molecular complexity index is 1380. The van der Waals surface area contributed by atoms with Crippen LogP contribution in [0.4, 0.5) is 0 Å².